The molecule has 0 aliphatic rings. The molecule has 2 aromatic rings. The van der Waals surface area contributed by atoms with E-state index in [1.165, 1.54) is 10.8 Å². The number of hydrogen-bond acceptors (Lipinski definition) is 2. The second kappa shape index (κ2) is 6.81. The molecular formula is C14H10N2. The molecule has 0 N–H and O–H groups in total. The summed E-state index contributed by atoms with van der Waals surface area (Å²) in [7, 11) is 0. The Balaban J connectivity index is 0.000000187. The van der Waals surface area contributed by atoms with E-state index in [9.17, 15) is 0 Å². The first kappa shape index (κ1) is 11.5. The Labute approximate surface area is 94.7 Å². The van der Waals surface area contributed by atoms with Crippen LogP contribution in [0, 0.1) is 22.7 Å². The molecule has 2 nitrogen and oxygen atoms in total. The van der Waals surface area contributed by atoms with E-state index in [1.54, 1.807) is 12.1 Å². The summed E-state index contributed by atoms with van der Waals surface area (Å²) in [5.74, 6) is 0. The zero-order valence-electron chi connectivity index (χ0n) is 8.67. The Morgan fingerprint density at radius 2 is 1.00 bits per heavy atom. The molecule has 2 rings (SSSR count). The Morgan fingerprint density at radius 1 is 0.688 bits per heavy atom. The maximum absolute atomic E-state index is 7.71. The number of rotatable bonds is 0. The third-order valence-electron chi connectivity index (χ3n) is 1.89. The highest BCUT2D eigenvalue weighted by atomic mass is 14.2. The summed E-state index contributed by atoms with van der Waals surface area (Å²) in [6.07, 6.45) is 2.25. The van der Waals surface area contributed by atoms with Crippen LogP contribution >= 0.6 is 0 Å². The summed E-state index contributed by atoms with van der Waals surface area (Å²) >= 11 is 0. The maximum atomic E-state index is 7.71. The molecule has 0 bridgehead atoms. The first-order valence-corrected chi connectivity index (χ1v) is 4.76. The van der Waals surface area contributed by atoms with Gasteiger partial charge in [-0.1, -0.05) is 48.5 Å². The molecule has 0 aliphatic heterocycles. The number of nitriles is 2. The smallest absolute Gasteiger partial charge is 0.0919 e. The first-order valence-electron chi connectivity index (χ1n) is 4.76. The van der Waals surface area contributed by atoms with Crippen LogP contribution in [0.4, 0.5) is 0 Å². The summed E-state index contributed by atoms with van der Waals surface area (Å²) in [5.41, 5.74) is 0. The lowest BCUT2D eigenvalue weighted by Gasteiger charge is -1.92. The lowest BCUT2D eigenvalue weighted by atomic mass is 10.1. The van der Waals surface area contributed by atoms with Gasteiger partial charge in [-0.15, -0.1) is 0 Å². The van der Waals surface area contributed by atoms with E-state index in [-0.39, 0.29) is 0 Å². The van der Waals surface area contributed by atoms with Crippen molar-refractivity contribution in [2.24, 2.45) is 0 Å². The van der Waals surface area contributed by atoms with Crippen molar-refractivity contribution in [1.29, 1.82) is 10.5 Å². The maximum Gasteiger partial charge on any atom is 0.0919 e. The summed E-state index contributed by atoms with van der Waals surface area (Å²) in [4.78, 5) is 0. The molecule has 0 saturated heterocycles. The van der Waals surface area contributed by atoms with E-state index in [2.05, 4.69) is 48.5 Å². The molecule has 0 heterocycles. The average molecular weight is 206 g/mol. The minimum absolute atomic E-state index is 1.12. The van der Waals surface area contributed by atoms with E-state index < -0.39 is 0 Å². The van der Waals surface area contributed by atoms with Gasteiger partial charge in [0.15, 0.2) is 0 Å². The van der Waals surface area contributed by atoms with Gasteiger partial charge in [-0.05, 0) is 10.8 Å². The van der Waals surface area contributed by atoms with Gasteiger partial charge in [0.1, 0.15) is 0 Å². The molecule has 16 heavy (non-hydrogen) atoms. The highest BCUT2D eigenvalue weighted by Gasteiger charge is 1.85. The van der Waals surface area contributed by atoms with Crippen LogP contribution in [-0.2, 0) is 0 Å². The third-order valence-corrected chi connectivity index (χ3v) is 1.89. The predicted octanol–water partition coefficient (Wildman–Crippen LogP) is 3.43. The quantitative estimate of drug-likeness (QED) is 0.620. The molecule has 0 saturated carbocycles. The van der Waals surface area contributed by atoms with Crippen LogP contribution in [0.3, 0.4) is 0 Å². The van der Waals surface area contributed by atoms with Crippen LogP contribution in [0.5, 0.6) is 0 Å². The van der Waals surface area contributed by atoms with Gasteiger partial charge >= 0.3 is 0 Å². The molecule has 76 valence electrons. The van der Waals surface area contributed by atoms with Crippen molar-refractivity contribution in [3.63, 3.8) is 0 Å². The molecule has 0 aliphatic carbocycles. The molecule has 0 amide bonds. The standard InChI is InChI=1S/C10H8.C4H2N2/c1-2-6-10-8-4-3-7-9(10)5-1;5-3-1-2-4-6/h1-8H;1-2H/b;2-1+. The minimum atomic E-state index is 1.12. The molecular weight excluding hydrogens is 196 g/mol. The van der Waals surface area contributed by atoms with Crippen LogP contribution in [-0.4, -0.2) is 0 Å². The van der Waals surface area contributed by atoms with Crippen LogP contribution in [0.2, 0.25) is 0 Å². The number of nitrogens with zero attached hydrogens (tertiary/aromatic N) is 2. The fraction of sp³-hybridized carbons (Fsp3) is 0. The van der Waals surface area contributed by atoms with E-state index in [0.717, 1.165) is 12.2 Å². The van der Waals surface area contributed by atoms with E-state index >= 15 is 0 Å². The Hall–Kier alpha value is -2.58. The van der Waals surface area contributed by atoms with Crippen molar-refractivity contribution < 1.29 is 0 Å². The molecule has 2 heteroatoms. The zero-order valence-corrected chi connectivity index (χ0v) is 8.67. The highest BCUT2D eigenvalue weighted by Crippen LogP contribution is 2.11. The van der Waals surface area contributed by atoms with Crippen molar-refractivity contribution >= 4 is 10.8 Å². The molecule has 0 aromatic heterocycles. The highest BCUT2D eigenvalue weighted by molar-refractivity contribution is 5.81. The minimum Gasteiger partial charge on any atom is -0.193 e. The van der Waals surface area contributed by atoms with Crippen molar-refractivity contribution in [1.82, 2.24) is 0 Å². The van der Waals surface area contributed by atoms with Crippen molar-refractivity contribution in [2.45, 2.75) is 0 Å². The average Bonchev–Trinajstić information content (AvgIpc) is 2.37. The van der Waals surface area contributed by atoms with Gasteiger partial charge in [0.2, 0.25) is 0 Å². The second-order valence-corrected chi connectivity index (χ2v) is 2.94. The first-order chi connectivity index (χ1) is 7.88. The fourth-order valence-electron chi connectivity index (χ4n) is 1.21. The summed E-state index contributed by atoms with van der Waals surface area (Å²) in [6, 6.07) is 20.0. The van der Waals surface area contributed by atoms with Crippen LogP contribution in [0.25, 0.3) is 10.8 Å². The fourth-order valence-corrected chi connectivity index (χ4v) is 1.21. The summed E-state index contributed by atoms with van der Waals surface area (Å²) < 4.78 is 0. The van der Waals surface area contributed by atoms with E-state index in [1.807, 2.05) is 0 Å². The molecule has 0 radical (unpaired) electrons. The molecule has 0 spiro atoms. The van der Waals surface area contributed by atoms with Crippen molar-refractivity contribution in [2.75, 3.05) is 0 Å². The topological polar surface area (TPSA) is 47.6 Å². The molecule has 0 unspecified atom stereocenters. The molecule has 0 atom stereocenters. The van der Waals surface area contributed by atoms with Gasteiger partial charge in [0.25, 0.3) is 0 Å². The lowest BCUT2D eigenvalue weighted by molar-refractivity contribution is 1.52. The van der Waals surface area contributed by atoms with Gasteiger partial charge in [0.05, 0.1) is 12.1 Å². The summed E-state index contributed by atoms with van der Waals surface area (Å²) in [6.45, 7) is 0. The number of benzene rings is 2. The Morgan fingerprint density at radius 3 is 1.25 bits per heavy atom. The van der Waals surface area contributed by atoms with Crippen LogP contribution < -0.4 is 0 Å². The van der Waals surface area contributed by atoms with E-state index in [0.29, 0.717) is 0 Å². The monoisotopic (exact) mass is 206 g/mol. The lowest BCUT2D eigenvalue weighted by Crippen LogP contribution is -1.67. The predicted molar refractivity (Wildman–Crippen MR) is 64.3 cm³/mol. The van der Waals surface area contributed by atoms with Gasteiger partial charge < -0.3 is 0 Å². The van der Waals surface area contributed by atoms with Crippen molar-refractivity contribution in [3.05, 3.63) is 60.7 Å². The van der Waals surface area contributed by atoms with Gasteiger partial charge in [-0.3, -0.25) is 0 Å². The largest absolute Gasteiger partial charge is 0.193 e. The van der Waals surface area contributed by atoms with Crippen LogP contribution in [0.1, 0.15) is 0 Å². The molecule has 0 fully saturated rings. The van der Waals surface area contributed by atoms with E-state index in [4.69, 9.17) is 10.5 Å². The summed E-state index contributed by atoms with van der Waals surface area (Å²) in [5, 5.41) is 18.0. The number of hydrogen-bond donors (Lipinski definition) is 0. The van der Waals surface area contributed by atoms with Gasteiger partial charge in [-0.25, -0.2) is 0 Å². The molecule has 2 aromatic carbocycles. The third kappa shape index (κ3) is 3.65. The Kier molecular flexibility index (Phi) is 4.89. The number of fused-ring (bicyclic) bond motifs is 1. The van der Waals surface area contributed by atoms with Gasteiger partial charge in [0, 0.05) is 12.2 Å². The number of allylic oxidation sites excluding steroid dienone is 2. The zero-order chi connectivity index (χ0) is 11.6. The van der Waals surface area contributed by atoms with Crippen molar-refractivity contribution in [3.8, 4) is 12.1 Å². The SMILES string of the molecule is N#C/C=C/C#N.c1ccc2ccccc2c1. The Bertz CT molecular complexity index is 475. The van der Waals surface area contributed by atoms with Gasteiger partial charge in [-0.2, -0.15) is 10.5 Å². The normalized spacial score (nSPS) is 8.88. The second-order valence-electron chi connectivity index (χ2n) is 2.94. The van der Waals surface area contributed by atoms with Crippen LogP contribution in [0.15, 0.2) is 60.7 Å².